The van der Waals surface area contributed by atoms with E-state index in [0.29, 0.717) is 0 Å². The average Bonchev–Trinajstić information content (AvgIpc) is 1.69. The Balaban J connectivity index is 0. The van der Waals surface area contributed by atoms with E-state index in [1.807, 2.05) is 0 Å². The van der Waals surface area contributed by atoms with E-state index in [1.165, 1.54) is 6.08 Å². The van der Waals surface area contributed by atoms with Crippen molar-refractivity contribution in [1.29, 1.82) is 0 Å². The molecule has 0 aromatic heterocycles. The van der Waals surface area contributed by atoms with E-state index in [4.69, 9.17) is 5.11 Å². The predicted octanol–water partition coefficient (Wildman–Crippen LogP) is -2.27. The van der Waals surface area contributed by atoms with E-state index in [0.717, 1.165) is 21.0 Å². The van der Waals surface area contributed by atoms with Crippen LogP contribution < -0.4 is 0 Å². The number of hydrogen-bond acceptors (Lipinski definition) is 2. The van der Waals surface area contributed by atoms with Crippen molar-refractivity contribution in [3.8, 4) is 0 Å². The molecule has 0 saturated heterocycles. The first-order chi connectivity index (χ1) is 3.33. The molecule has 0 aromatic carbocycles. The van der Waals surface area contributed by atoms with Crippen LogP contribution >= 0.6 is 0 Å². The lowest BCUT2D eigenvalue weighted by Crippen LogP contribution is -1.65. The fraction of sp³-hybridized carbons (Fsp3) is 0.333. The highest BCUT2D eigenvalue weighted by Crippen LogP contribution is 1.46. The molecular weight excluding hydrogens is 124 g/mol. The summed E-state index contributed by atoms with van der Waals surface area (Å²) in [6.07, 6.45) is 1.43. The molecule has 0 atom stereocenters. The molecule has 0 aliphatic carbocycles. The fourth-order valence-electron chi connectivity index (χ4n) is 0. The first kappa shape index (κ1) is 10.2. The van der Waals surface area contributed by atoms with Gasteiger partial charge in [0.2, 0.25) is 0 Å². The molecule has 0 saturated carbocycles. The van der Waals surface area contributed by atoms with Gasteiger partial charge in [0, 0.05) is 0 Å². The largest absolute Gasteiger partial charge is 0.471 e. The zero-order valence-corrected chi connectivity index (χ0v) is 8.85. The number of aliphatic hydroxyl groups excluding tert-OH is 1. The standard InChI is InChI=1S/C3H6O.H6OSi2/c1-2-3-4;2-1-3/h2,4H,1,3H2;2-3H3. The fourth-order valence-corrected chi connectivity index (χ4v) is 0. The second-order valence-electron chi connectivity index (χ2n) is 0.879. The van der Waals surface area contributed by atoms with Crippen LogP contribution in [0.1, 0.15) is 0 Å². The summed E-state index contributed by atoms with van der Waals surface area (Å²) in [7, 11) is 1.86. The summed E-state index contributed by atoms with van der Waals surface area (Å²) in [5.74, 6) is 0. The number of hydrogen-bond donors (Lipinski definition) is 1. The van der Waals surface area contributed by atoms with Gasteiger partial charge in [-0.2, -0.15) is 0 Å². The zero-order chi connectivity index (χ0) is 6.12. The molecule has 0 aromatic rings. The molecule has 0 aliphatic heterocycles. The summed E-state index contributed by atoms with van der Waals surface area (Å²) in [4.78, 5) is 0. The van der Waals surface area contributed by atoms with Crippen molar-refractivity contribution < 1.29 is 9.22 Å². The highest BCUT2D eigenvalue weighted by Gasteiger charge is 1.45. The summed E-state index contributed by atoms with van der Waals surface area (Å²) in [6.45, 7) is 3.31. The minimum Gasteiger partial charge on any atom is -0.471 e. The van der Waals surface area contributed by atoms with Gasteiger partial charge in [-0.25, -0.2) is 0 Å². The average molecular weight is 136 g/mol. The maximum Gasteiger partial charge on any atom is 0.129 e. The van der Waals surface area contributed by atoms with Gasteiger partial charge in [-0.1, -0.05) is 6.08 Å². The Labute approximate surface area is 50.3 Å². The van der Waals surface area contributed by atoms with Crippen molar-refractivity contribution in [2.45, 2.75) is 0 Å². The molecule has 0 aliphatic rings. The van der Waals surface area contributed by atoms with Crippen molar-refractivity contribution >= 4 is 21.0 Å². The van der Waals surface area contributed by atoms with E-state index in [-0.39, 0.29) is 6.61 Å². The van der Waals surface area contributed by atoms with Crippen LogP contribution in [-0.4, -0.2) is 32.7 Å². The van der Waals surface area contributed by atoms with Gasteiger partial charge in [0.1, 0.15) is 21.0 Å². The lowest BCUT2D eigenvalue weighted by molar-refractivity contribution is 0.343. The highest BCUT2D eigenvalue weighted by atomic mass is 28.3. The first-order valence-corrected chi connectivity index (χ1v) is 3.58. The predicted molar refractivity (Wildman–Crippen MR) is 38.2 cm³/mol. The molecule has 0 amide bonds. The topological polar surface area (TPSA) is 29.5 Å². The van der Waals surface area contributed by atoms with Gasteiger partial charge in [-0.05, 0) is 0 Å². The van der Waals surface area contributed by atoms with Crippen LogP contribution in [0, 0.1) is 0 Å². The smallest absolute Gasteiger partial charge is 0.129 e. The van der Waals surface area contributed by atoms with Gasteiger partial charge in [-0.3, -0.25) is 0 Å². The molecular formula is C3H12O2Si2. The maximum atomic E-state index is 7.76. The van der Waals surface area contributed by atoms with E-state index in [1.54, 1.807) is 0 Å². The Bertz CT molecular complexity index is 32.1. The van der Waals surface area contributed by atoms with Crippen LogP contribution in [0.3, 0.4) is 0 Å². The van der Waals surface area contributed by atoms with Gasteiger partial charge in [0.15, 0.2) is 0 Å². The number of rotatable bonds is 1. The van der Waals surface area contributed by atoms with Crippen molar-refractivity contribution in [3.63, 3.8) is 0 Å². The van der Waals surface area contributed by atoms with Gasteiger partial charge < -0.3 is 9.22 Å². The van der Waals surface area contributed by atoms with Crippen molar-refractivity contribution in [2.24, 2.45) is 0 Å². The Kier molecular flexibility index (Phi) is 24.0. The van der Waals surface area contributed by atoms with Gasteiger partial charge in [0.05, 0.1) is 6.61 Å². The minimum atomic E-state index is 0.0833. The molecule has 0 unspecified atom stereocenters. The summed E-state index contributed by atoms with van der Waals surface area (Å²) in [6, 6.07) is 0. The van der Waals surface area contributed by atoms with Gasteiger partial charge in [0.25, 0.3) is 0 Å². The van der Waals surface area contributed by atoms with Gasteiger partial charge in [-0.15, -0.1) is 6.58 Å². The van der Waals surface area contributed by atoms with E-state index >= 15 is 0 Å². The van der Waals surface area contributed by atoms with Crippen LogP contribution in [0.2, 0.25) is 0 Å². The van der Waals surface area contributed by atoms with Gasteiger partial charge >= 0.3 is 0 Å². The van der Waals surface area contributed by atoms with Crippen LogP contribution in [0.4, 0.5) is 0 Å². The van der Waals surface area contributed by atoms with Crippen LogP contribution in [-0.2, 0) is 4.12 Å². The highest BCUT2D eigenvalue weighted by molar-refractivity contribution is 6.15. The second-order valence-corrected chi connectivity index (χ2v) is 4.15. The molecule has 0 heterocycles. The molecule has 0 bridgehead atoms. The summed E-state index contributed by atoms with van der Waals surface area (Å²) >= 11 is 0. The first-order valence-electron chi connectivity index (χ1n) is 1.95. The molecule has 4 heteroatoms. The van der Waals surface area contributed by atoms with E-state index in [9.17, 15) is 0 Å². The van der Waals surface area contributed by atoms with Crippen LogP contribution in [0.25, 0.3) is 0 Å². The van der Waals surface area contributed by atoms with Crippen LogP contribution in [0.15, 0.2) is 12.7 Å². The summed E-state index contributed by atoms with van der Waals surface area (Å²) in [5.41, 5.74) is 0. The molecule has 44 valence electrons. The quantitative estimate of drug-likeness (QED) is 0.325. The second kappa shape index (κ2) is 16.5. The van der Waals surface area contributed by atoms with Crippen LogP contribution in [0.5, 0.6) is 0 Å². The summed E-state index contributed by atoms with van der Waals surface area (Å²) in [5, 5.41) is 7.76. The maximum absolute atomic E-state index is 7.76. The molecule has 0 radical (unpaired) electrons. The molecule has 2 nitrogen and oxygen atoms in total. The zero-order valence-electron chi connectivity index (χ0n) is 4.85. The third-order valence-electron chi connectivity index (χ3n) is 0.129. The molecule has 7 heavy (non-hydrogen) atoms. The lowest BCUT2D eigenvalue weighted by atomic mass is 10.7. The molecule has 0 spiro atoms. The van der Waals surface area contributed by atoms with E-state index < -0.39 is 0 Å². The Hall–Kier alpha value is 0.0938. The third kappa shape index (κ3) is 85.4. The number of aliphatic hydroxyl groups is 1. The Morgan fingerprint density at radius 3 is 1.86 bits per heavy atom. The molecule has 0 rings (SSSR count). The van der Waals surface area contributed by atoms with Crippen molar-refractivity contribution in [3.05, 3.63) is 12.7 Å². The Morgan fingerprint density at radius 1 is 1.71 bits per heavy atom. The van der Waals surface area contributed by atoms with Crippen molar-refractivity contribution in [2.75, 3.05) is 6.61 Å². The van der Waals surface area contributed by atoms with E-state index in [2.05, 4.69) is 10.7 Å². The lowest BCUT2D eigenvalue weighted by Gasteiger charge is -1.62. The third-order valence-corrected chi connectivity index (χ3v) is 0.129. The normalized spacial score (nSPS) is 7.00. The summed E-state index contributed by atoms with van der Waals surface area (Å²) < 4.78 is 4.53. The monoisotopic (exact) mass is 136 g/mol. The molecule has 1 N–H and O–H groups in total. The van der Waals surface area contributed by atoms with Crippen molar-refractivity contribution in [1.82, 2.24) is 0 Å². The molecule has 0 fully saturated rings. The minimum absolute atomic E-state index is 0.0833. The SMILES string of the molecule is C=CCO.[SiH3]O[SiH3]. The Morgan fingerprint density at radius 2 is 1.86 bits per heavy atom.